The van der Waals surface area contributed by atoms with Gasteiger partial charge in [0, 0.05) is 12.1 Å². The summed E-state index contributed by atoms with van der Waals surface area (Å²) in [4.78, 5) is 26.8. The van der Waals surface area contributed by atoms with Gasteiger partial charge in [-0.25, -0.2) is 4.39 Å². The first-order valence-corrected chi connectivity index (χ1v) is 8.89. The van der Waals surface area contributed by atoms with E-state index < -0.39 is 23.5 Å². The van der Waals surface area contributed by atoms with Crippen molar-refractivity contribution in [1.29, 1.82) is 0 Å². The summed E-state index contributed by atoms with van der Waals surface area (Å²) in [6.45, 7) is 5.48. The lowest BCUT2D eigenvalue weighted by Gasteiger charge is -2.25. The van der Waals surface area contributed by atoms with Crippen LogP contribution >= 0.6 is 11.6 Å². The monoisotopic (exact) mass is 391 g/mol. The summed E-state index contributed by atoms with van der Waals surface area (Å²) >= 11 is 5.86. The van der Waals surface area contributed by atoms with E-state index in [-0.39, 0.29) is 34.4 Å². The van der Waals surface area contributed by atoms with Gasteiger partial charge in [-0.2, -0.15) is 0 Å². The summed E-state index contributed by atoms with van der Waals surface area (Å²) in [5.74, 6) is -1.39. The average molecular weight is 392 g/mol. The molecule has 0 radical (unpaired) electrons. The van der Waals surface area contributed by atoms with Crippen LogP contribution in [0.3, 0.4) is 0 Å². The van der Waals surface area contributed by atoms with Crippen LogP contribution in [0.1, 0.15) is 37.8 Å². The maximum absolute atomic E-state index is 13.6. The van der Waals surface area contributed by atoms with Crippen molar-refractivity contribution in [2.24, 2.45) is 5.92 Å². The number of aliphatic hydroxyl groups is 1. The number of rotatable bonds is 5. The fourth-order valence-corrected chi connectivity index (χ4v) is 3.32. The van der Waals surface area contributed by atoms with Crippen LogP contribution in [0.5, 0.6) is 0 Å². The Labute approximate surface area is 161 Å². The molecular formula is C20H19ClFNO4. The van der Waals surface area contributed by atoms with Gasteiger partial charge in [0.2, 0.25) is 0 Å². The third kappa shape index (κ3) is 3.49. The number of amides is 1. The van der Waals surface area contributed by atoms with Gasteiger partial charge in [0.1, 0.15) is 23.4 Å². The average Bonchev–Trinajstić information content (AvgIpc) is 3.12. The number of carbonyl (C=O) groups is 2. The Balaban J connectivity index is 2.14. The highest BCUT2D eigenvalue weighted by Crippen LogP contribution is 2.42. The van der Waals surface area contributed by atoms with E-state index >= 15 is 0 Å². The molecule has 0 bridgehead atoms. The molecule has 1 unspecified atom stereocenters. The molecule has 1 N–H and O–H groups in total. The van der Waals surface area contributed by atoms with E-state index in [1.807, 2.05) is 13.8 Å². The molecule has 142 valence electrons. The van der Waals surface area contributed by atoms with Gasteiger partial charge in [-0.1, -0.05) is 25.4 Å². The van der Waals surface area contributed by atoms with E-state index in [2.05, 4.69) is 0 Å². The molecule has 1 aromatic heterocycles. The number of Topliss-reactive ketones (excluding diaryl/α,β-unsaturated/α-hetero) is 1. The zero-order valence-corrected chi connectivity index (χ0v) is 15.9. The van der Waals surface area contributed by atoms with Crippen LogP contribution < -0.4 is 4.90 Å². The van der Waals surface area contributed by atoms with E-state index in [4.69, 9.17) is 16.0 Å². The molecule has 0 saturated heterocycles. The standard InChI is InChI=1S/C20H19ClFNO4/c1-10(2)8-15(24)17-18(16-7-4-11(3)27-16)23(20(26)19(17)25)12-5-6-14(22)13(21)9-12/h4-7,9-10,18,25H,8H2,1-3H3. The van der Waals surface area contributed by atoms with Crippen molar-refractivity contribution in [3.8, 4) is 0 Å². The summed E-state index contributed by atoms with van der Waals surface area (Å²) < 4.78 is 19.2. The lowest BCUT2D eigenvalue weighted by atomic mass is 9.95. The second-order valence-corrected chi connectivity index (χ2v) is 7.32. The number of aryl methyl sites for hydroxylation is 1. The van der Waals surface area contributed by atoms with Crippen molar-refractivity contribution in [2.75, 3.05) is 4.90 Å². The molecule has 2 aromatic rings. The summed E-state index contributed by atoms with van der Waals surface area (Å²) in [5, 5.41) is 10.3. The second-order valence-electron chi connectivity index (χ2n) is 6.91. The van der Waals surface area contributed by atoms with Crippen molar-refractivity contribution >= 4 is 29.0 Å². The zero-order chi connectivity index (χ0) is 19.9. The Morgan fingerprint density at radius 1 is 1.33 bits per heavy atom. The van der Waals surface area contributed by atoms with Gasteiger partial charge >= 0.3 is 0 Å². The van der Waals surface area contributed by atoms with E-state index in [0.29, 0.717) is 11.5 Å². The number of furan rings is 1. The molecule has 0 aliphatic carbocycles. The molecule has 0 saturated carbocycles. The molecule has 1 atom stereocenters. The third-order valence-electron chi connectivity index (χ3n) is 4.31. The minimum atomic E-state index is -0.945. The van der Waals surface area contributed by atoms with Crippen LogP contribution in [-0.2, 0) is 9.59 Å². The molecule has 1 aliphatic rings. The van der Waals surface area contributed by atoms with Gasteiger partial charge in [0.15, 0.2) is 11.5 Å². The van der Waals surface area contributed by atoms with Gasteiger partial charge in [-0.3, -0.25) is 14.5 Å². The highest BCUT2D eigenvalue weighted by atomic mass is 35.5. The van der Waals surface area contributed by atoms with Crippen LogP contribution in [0, 0.1) is 18.7 Å². The van der Waals surface area contributed by atoms with E-state index in [0.717, 1.165) is 6.07 Å². The van der Waals surface area contributed by atoms with E-state index in [9.17, 15) is 19.1 Å². The van der Waals surface area contributed by atoms with Crippen molar-refractivity contribution in [3.05, 3.63) is 64.0 Å². The van der Waals surface area contributed by atoms with Crippen molar-refractivity contribution < 1.29 is 23.5 Å². The highest BCUT2D eigenvalue weighted by molar-refractivity contribution is 6.31. The summed E-state index contributed by atoms with van der Waals surface area (Å²) in [7, 11) is 0. The summed E-state index contributed by atoms with van der Waals surface area (Å²) in [5.41, 5.74) is 0.229. The first-order chi connectivity index (χ1) is 12.7. The molecule has 1 aliphatic heterocycles. The number of aliphatic hydroxyl groups excluding tert-OH is 1. The Morgan fingerprint density at radius 2 is 2.04 bits per heavy atom. The topological polar surface area (TPSA) is 70.8 Å². The number of nitrogens with zero attached hydrogens (tertiary/aromatic N) is 1. The van der Waals surface area contributed by atoms with E-state index in [1.54, 1.807) is 19.1 Å². The van der Waals surface area contributed by atoms with Crippen LogP contribution in [0.25, 0.3) is 0 Å². The number of anilines is 1. The molecule has 27 heavy (non-hydrogen) atoms. The molecular weight excluding hydrogens is 373 g/mol. The number of ketones is 1. The van der Waals surface area contributed by atoms with Gasteiger partial charge in [-0.15, -0.1) is 0 Å². The lowest BCUT2D eigenvalue weighted by Crippen LogP contribution is -2.31. The Kier molecular flexibility index (Phi) is 5.11. The molecule has 2 heterocycles. The molecule has 5 nitrogen and oxygen atoms in total. The molecule has 3 rings (SSSR count). The third-order valence-corrected chi connectivity index (χ3v) is 4.60. The largest absolute Gasteiger partial charge is 0.503 e. The van der Waals surface area contributed by atoms with Crippen molar-refractivity contribution in [1.82, 2.24) is 0 Å². The Bertz CT molecular complexity index is 947. The van der Waals surface area contributed by atoms with Crippen LogP contribution in [0.4, 0.5) is 10.1 Å². The molecule has 1 aromatic carbocycles. The van der Waals surface area contributed by atoms with Crippen LogP contribution in [-0.4, -0.2) is 16.8 Å². The number of carbonyl (C=O) groups excluding carboxylic acids is 2. The van der Waals surface area contributed by atoms with Gasteiger partial charge in [0.25, 0.3) is 5.91 Å². The number of hydrogen-bond acceptors (Lipinski definition) is 4. The van der Waals surface area contributed by atoms with Gasteiger partial charge in [-0.05, 0) is 43.2 Å². The zero-order valence-electron chi connectivity index (χ0n) is 15.1. The predicted octanol–water partition coefficient (Wildman–Crippen LogP) is 4.90. The number of halogens is 2. The minimum Gasteiger partial charge on any atom is -0.503 e. The SMILES string of the molecule is Cc1ccc(C2C(C(=O)CC(C)C)=C(O)C(=O)N2c2ccc(F)c(Cl)c2)o1. The maximum atomic E-state index is 13.6. The van der Waals surface area contributed by atoms with Gasteiger partial charge < -0.3 is 9.52 Å². The summed E-state index contributed by atoms with van der Waals surface area (Å²) in [6, 6.07) is 6.17. The highest BCUT2D eigenvalue weighted by Gasteiger charge is 2.45. The smallest absolute Gasteiger partial charge is 0.294 e. The van der Waals surface area contributed by atoms with Crippen molar-refractivity contribution in [3.63, 3.8) is 0 Å². The molecule has 7 heteroatoms. The molecule has 1 amide bonds. The van der Waals surface area contributed by atoms with Crippen molar-refractivity contribution in [2.45, 2.75) is 33.2 Å². The Morgan fingerprint density at radius 3 is 2.59 bits per heavy atom. The number of hydrogen-bond donors (Lipinski definition) is 1. The molecule has 0 fully saturated rings. The fourth-order valence-electron chi connectivity index (χ4n) is 3.14. The van der Waals surface area contributed by atoms with E-state index in [1.165, 1.54) is 17.0 Å². The lowest BCUT2D eigenvalue weighted by molar-refractivity contribution is -0.118. The second kappa shape index (κ2) is 7.19. The fraction of sp³-hybridized carbons (Fsp3) is 0.300. The van der Waals surface area contributed by atoms with Crippen LogP contribution in [0.2, 0.25) is 5.02 Å². The van der Waals surface area contributed by atoms with Gasteiger partial charge in [0.05, 0.1) is 10.6 Å². The first kappa shape index (κ1) is 19.2. The normalized spacial score (nSPS) is 17.3. The summed E-state index contributed by atoms with van der Waals surface area (Å²) in [6.07, 6.45) is 0.168. The number of benzene rings is 1. The van der Waals surface area contributed by atoms with Crippen LogP contribution in [0.15, 0.2) is 46.1 Å². The predicted molar refractivity (Wildman–Crippen MR) is 99.2 cm³/mol. The maximum Gasteiger partial charge on any atom is 0.294 e. The molecule has 0 spiro atoms. The Hall–Kier alpha value is -2.60. The minimum absolute atomic E-state index is 0.0245. The first-order valence-electron chi connectivity index (χ1n) is 8.52. The quantitative estimate of drug-likeness (QED) is 0.787.